The number of para-hydroxylation sites is 1. The maximum atomic E-state index is 12.7. The van der Waals surface area contributed by atoms with Crippen LogP contribution in [-0.2, 0) is 9.53 Å². The molecule has 1 aromatic rings. The zero-order valence-electron chi connectivity index (χ0n) is 15.0. The average Bonchev–Trinajstić information content (AvgIpc) is 2.60. The largest absolute Gasteiger partial charge is 0.493 e. The van der Waals surface area contributed by atoms with Gasteiger partial charge in [0.1, 0.15) is 0 Å². The van der Waals surface area contributed by atoms with Crippen molar-refractivity contribution in [2.45, 2.75) is 32.7 Å². The minimum absolute atomic E-state index is 0.300. The van der Waals surface area contributed by atoms with Crippen LogP contribution in [0.15, 0.2) is 29.5 Å². The van der Waals surface area contributed by atoms with Crippen LogP contribution in [0.3, 0.4) is 0 Å². The molecule has 0 amide bonds. The molecule has 2 rings (SSSR count). The van der Waals surface area contributed by atoms with Gasteiger partial charge in [0.05, 0.1) is 32.4 Å². The average molecular weight is 364 g/mol. The van der Waals surface area contributed by atoms with E-state index in [1.807, 2.05) is 25.1 Å². The van der Waals surface area contributed by atoms with Gasteiger partial charge in [-0.2, -0.15) is 0 Å². The number of thiocarbonyl (C=S) groups is 1. The molecule has 0 radical (unpaired) electrons. The fourth-order valence-electron chi connectivity index (χ4n) is 2.89. The molecule has 25 heavy (non-hydrogen) atoms. The topological polar surface area (TPSA) is 68.8 Å². The highest BCUT2D eigenvalue weighted by Gasteiger charge is 2.34. The lowest BCUT2D eigenvalue weighted by molar-refractivity contribution is -0.139. The Labute approximate surface area is 153 Å². The summed E-state index contributed by atoms with van der Waals surface area (Å²) in [7, 11) is 3.15. The zero-order chi connectivity index (χ0) is 18.4. The Morgan fingerprint density at radius 2 is 2.00 bits per heavy atom. The van der Waals surface area contributed by atoms with Crippen molar-refractivity contribution in [1.82, 2.24) is 10.6 Å². The molecule has 0 saturated heterocycles. The SMILES string of the molecule is CCCC1=C(C(=O)OCC)C(c2cccc(OC)c2OC)NC(=S)N1. The second-order valence-electron chi connectivity index (χ2n) is 5.48. The summed E-state index contributed by atoms with van der Waals surface area (Å²) in [4.78, 5) is 12.7. The summed E-state index contributed by atoms with van der Waals surface area (Å²) >= 11 is 5.34. The van der Waals surface area contributed by atoms with Crippen molar-refractivity contribution >= 4 is 23.3 Å². The Balaban J connectivity index is 2.61. The predicted octanol–water partition coefficient (Wildman–Crippen LogP) is 2.84. The fourth-order valence-corrected chi connectivity index (χ4v) is 3.13. The number of allylic oxidation sites excluding steroid dienone is 1. The van der Waals surface area contributed by atoms with Gasteiger partial charge in [-0.15, -0.1) is 0 Å². The van der Waals surface area contributed by atoms with Crippen molar-refractivity contribution in [2.75, 3.05) is 20.8 Å². The van der Waals surface area contributed by atoms with Gasteiger partial charge in [0.15, 0.2) is 16.6 Å². The van der Waals surface area contributed by atoms with E-state index in [-0.39, 0.29) is 5.97 Å². The third-order valence-corrected chi connectivity index (χ3v) is 4.11. The summed E-state index contributed by atoms with van der Waals surface area (Å²) in [5.74, 6) is 0.777. The van der Waals surface area contributed by atoms with Crippen molar-refractivity contribution in [2.24, 2.45) is 0 Å². The van der Waals surface area contributed by atoms with Crippen LogP contribution in [0.5, 0.6) is 11.5 Å². The number of methoxy groups -OCH3 is 2. The Hall–Kier alpha value is -2.28. The monoisotopic (exact) mass is 364 g/mol. The number of hydrogen-bond donors (Lipinski definition) is 2. The van der Waals surface area contributed by atoms with E-state index in [0.717, 1.165) is 17.7 Å². The lowest BCUT2D eigenvalue weighted by Crippen LogP contribution is -2.45. The summed E-state index contributed by atoms with van der Waals surface area (Å²) in [5.41, 5.74) is 2.06. The molecule has 0 bridgehead atoms. The minimum atomic E-state index is -0.473. The van der Waals surface area contributed by atoms with Gasteiger partial charge in [-0.1, -0.05) is 25.5 Å². The molecule has 1 aliphatic heterocycles. The molecule has 0 fully saturated rings. The molecular formula is C18H24N2O4S. The summed E-state index contributed by atoms with van der Waals surface area (Å²) in [5, 5.41) is 6.73. The van der Waals surface area contributed by atoms with E-state index in [0.29, 0.717) is 35.2 Å². The van der Waals surface area contributed by atoms with Gasteiger partial charge in [0.25, 0.3) is 0 Å². The number of esters is 1. The van der Waals surface area contributed by atoms with E-state index in [4.69, 9.17) is 26.4 Å². The van der Waals surface area contributed by atoms with Crippen molar-refractivity contribution in [3.05, 3.63) is 35.0 Å². The van der Waals surface area contributed by atoms with Crippen LogP contribution in [0.2, 0.25) is 0 Å². The van der Waals surface area contributed by atoms with Crippen molar-refractivity contribution in [3.8, 4) is 11.5 Å². The van der Waals surface area contributed by atoms with Crippen LogP contribution in [-0.4, -0.2) is 31.9 Å². The Morgan fingerprint density at radius 3 is 2.60 bits per heavy atom. The minimum Gasteiger partial charge on any atom is -0.493 e. The van der Waals surface area contributed by atoms with Gasteiger partial charge >= 0.3 is 5.97 Å². The molecule has 0 aliphatic carbocycles. The highest BCUT2D eigenvalue weighted by molar-refractivity contribution is 7.80. The van der Waals surface area contributed by atoms with Crippen LogP contribution >= 0.6 is 12.2 Å². The third kappa shape index (κ3) is 4.04. The summed E-state index contributed by atoms with van der Waals surface area (Å²) in [6.45, 7) is 4.13. The second-order valence-corrected chi connectivity index (χ2v) is 5.89. The molecule has 1 heterocycles. The zero-order valence-corrected chi connectivity index (χ0v) is 15.8. The lowest BCUT2D eigenvalue weighted by atomic mass is 9.93. The molecule has 6 nitrogen and oxygen atoms in total. The number of benzene rings is 1. The molecule has 0 aromatic heterocycles. The van der Waals surface area contributed by atoms with E-state index < -0.39 is 6.04 Å². The van der Waals surface area contributed by atoms with Crippen LogP contribution in [0.4, 0.5) is 0 Å². The molecule has 1 aromatic carbocycles. The van der Waals surface area contributed by atoms with Crippen LogP contribution in [0, 0.1) is 0 Å². The molecule has 1 unspecified atom stereocenters. The first-order valence-corrected chi connectivity index (χ1v) is 8.66. The number of carbonyl (C=O) groups excluding carboxylic acids is 1. The van der Waals surface area contributed by atoms with E-state index in [1.54, 1.807) is 21.1 Å². The first-order valence-electron chi connectivity index (χ1n) is 8.25. The Bertz CT molecular complexity index is 688. The van der Waals surface area contributed by atoms with Crippen LogP contribution < -0.4 is 20.1 Å². The number of carbonyl (C=O) groups is 1. The maximum absolute atomic E-state index is 12.7. The molecule has 2 N–H and O–H groups in total. The highest BCUT2D eigenvalue weighted by atomic mass is 32.1. The van der Waals surface area contributed by atoms with Gasteiger partial charge in [-0.05, 0) is 31.6 Å². The molecule has 7 heteroatoms. The standard InChI is InChI=1S/C18H24N2O4S/c1-5-8-12-14(17(21)24-6-2)15(20-18(25)19-12)11-9-7-10-13(22-3)16(11)23-4/h7,9-10,15H,5-6,8H2,1-4H3,(H2,19,20,25). The van der Waals surface area contributed by atoms with Crippen molar-refractivity contribution in [1.29, 1.82) is 0 Å². The van der Waals surface area contributed by atoms with E-state index in [9.17, 15) is 4.79 Å². The van der Waals surface area contributed by atoms with Crippen molar-refractivity contribution < 1.29 is 19.0 Å². The van der Waals surface area contributed by atoms with Crippen LogP contribution in [0.25, 0.3) is 0 Å². The van der Waals surface area contributed by atoms with E-state index in [2.05, 4.69) is 10.6 Å². The predicted molar refractivity (Wildman–Crippen MR) is 99.7 cm³/mol. The lowest BCUT2D eigenvalue weighted by Gasteiger charge is -2.32. The Kier molecular flexibility index (Phi) is 6.64. The normalized spacial score (nSPS) is 16.8. The Morgan fingerprint density at radius 1 is 1.24 bits per heavy atom. The molecule has 0 saturated carbocycles. The van der Waals surface area contributed by atoms with Gasteiger partial charge in [0, 0.05) is 11.3 Å². The first-order chi connectivity index (χ1) is 12.1. The number of hydrogen-bond acceptors (Lipinski definition) is 5. The summed E-state index contributed by atoms with van der Waals surface area (Å²) in [6, 6.07) is 5.07. The molecule has 0 spiro atoms. The molecule has 1 atom stereocenters. The van der Waals surface area contributed by atoms with Gasteiger partial charge in [-0.3, -0.25) is 0 Å². The van der Waals surface area contributed by atoms with Crippen molar-refractivity contribution in [3.63, 3.8) is 0 Å². The van der Waals surface area contributed by atoms with E-state index >= 15 is 0 Å². The first kappa shape index (κ1) is 19.1. The smallest absolute Gasteiger partial charge is 0.338 e. The van der Waals surface area contributed by atoms with Gasteiger partial charge < -0.3 is 24.8 Å². The third-order valence-electron chi connectivity index (χ3n) is 3.89. The highest BCUT2D eigenvalue weighted by Crippen LogP contribution is 2.39. The van der Waals surface area contributed by atoms with E-state index in [1.165, 1.54) is 0 Å². The van der Waals surface area contributed by atoms with Gasteiger partial charge in [0.2, 0.25) is 0 Å². The summed E-state index contributed by atoms with van der Waals surface area (Å²) < 4.78 is 16.2. The molecule has 1 aliphatic rings. The summed E-state index contributed by atoms with van der Waals surface area (Å²) in [6.07, 6.45) is 1.56. The number of ether oxygens (including phenoxy) is 3. The van der Waals surface area contributed by atoms with Gasteiger partial charge in [-0.25, -0.2) is 4.79 Å². The quantitative estimate of drug-likeness (QED) is 0.569. The number of nitrogens with one attached hydrogen (secondary N) is 2. The molecule has 136 valence electrons. The second kappa shape index (κ2) is 8.71. The van der Waals surface area contributed by atoms with Crippen LogP contribution in [0.1, 0.15) is 38.3 Å². The molecular weight excluding hydrogens is 340 g/mol. The number of rotatable bonds is 7. The maximum Gasteiger partial charge on any atom is 0.338 e. The fraction of sp³-hybridized carbons (Fsp3) is 0.444.